The van der Waals surface area contributed by atoms with Gasteiger partial charge in [-0.05, 0) is 37.9 Å². The maximum Gasteiger partial charge on any atom is 0.141 e. The first kappa shape index (κ1) is 10.6. The molecule has 0 bridgehead atoms. The molecule has 1 aromatic heterocycles. The Morgan fingerprint density at radius 1 is 1.40 bits per heavy atom. The molecule has 1 aromatic rings. The molecule has 1 saturated carbocycles. The second-order valence-electron chi connectivity index (χ2n) is 4.21. The Balaban J connectivity index is 2.14. The topological polar surface area (TPSA) is 24.9 Å². The molecule has 1 unspecified atom stereocenters. The Morgan fingerprint density at radius 2 is 2.13 bits per heavy atom. The number of halogens is 1. The van der Waals surface area contributed by atoms with Gasteiger partial charge in [0.25, 0.3) is 0 Å². The van der Waals surface area contributed by atoms with Gasteiger partial charge < -0.3 is 5.32 Å². The highest BCUT2D eigenvalue weighted by atomic mass is 19.1. The summed E-state index contributed by atoms with van der Waals surface area (Å²) in [5.41, 5.74) is 0.964. The molecule has 1 N–H and O–H groups in total. The van der Waals surface area contributed by atoms with E-state index in [1.165, 1.54) is 37.9 Å². The molecular formula is C12H17FN2. The van der Waals surface area contributed by atoms with Crippen molar-refractivity contribution in [2.75, 3.05) is 7.05 Å². The number of nitrogens with one attached hydrogen (secondary N) is 1. The minimum absolute atomic E-state index is 0.264. The zero-order valence-corrected chi connectivity index (χ0v) is 9.04. The Kier molecular flexibility index (Phi) is 3.31. The predicted molar refractivity (Wildman–Crippen MR) is 58.0 cm³/mol. The van der Waals surface area contributed by atoms with Gasteiger partial charge in [-0.15, -0.1) is 0 Å². The summed E-state index contributed by atoms with van der Waals surface area (Å²) in [4.78, 5) is 4.16. The van der Waals surface area contributed by atoms with Gasteiger partial charge in [-0.25, -0.2) is 4.39 Å². The molecule has 0 aliphatic heterocycles. The Morgan fingerprint density at radius 3 is 2.67 bits per heavy atom. The number of pyridine rings is 1. The number of nitrogens with zero attached hydrogens (tertiary/aromatic N) is 1. The molecule has 1 heterocycles. The van der Waals surface area contributed by atoms with Gasteiger partial charge in [-0.1, -0.05) is 12.8 Å². The highest BCUT2D eigenvalue weighted by molar-refractivity contribution is 5.11. The lowest BCUT2D eigenvalue weighted by Crippen LogP contribution is -2.24. The zero-order valence-electron chi connectivity index (χ0n) is 9.04. The summed E-state index contributed by atoms with van der Waals surface area (Å²) in [6, 6.07) is 3.56. The normalized spacial score (nSPS) is 19.3. The van der Waals surface area contributed by atoms with Crippen LogP contribution < -0.4 is 5.32 Å². The van der Waals surface area contributed by atoms with Crippen LogP contribution in [0, 0.1) is 11.7 Å². The van der Waals surface area contributed by atoms with Gasteiger partial charge in [-0.3, -0.25) is 4.98 Å². The summed E-state index contributed by atoms with van der Waals surface area (Å²) in [7, 11) is 1.95. The predicted octanol–water partition coefficient (Wildman–Crippen LogP) is 2.67. The molecule has 0 spiro atoms. The van der Waals surface area contributed by atoms with E-state index in [1.807, 2.05) is 7.05 Å². The van der Waals surface area contributed by atoms with Gasteiger partial charge in [-0.2, -0.15) is 0 Å². The lowest BCUT2D eigenvalue weighted by molar-refractivity contribution is 0.382. The molecule has 1 atom stereocenters. The fourth-order valence-corrected chi connectivity index (χ4v) is 2.49. The molecule has 2 nitrogen and oxygen atoms in total. The van der Waals surface area contributed by atoms with Crippen LogP contribution in [0.1, 0.15) is 37.4 Å². The van der Waals surface area contributed by atoms with E-state index < -0.39 is 0 Å². The van der Waals surface area contributed by atoms with Crippen molar-refractivity contribution in [2.24, 2.45) is 5.92 Å². The number of hydrogen-bond donors (Lipinski definition) is 1. The van der Waals surface area contributed by atoms with E-state index in [4.69, 9.17) is 0 Å². The molecule has 0 radical (unpaired) electrons. The largest absolute Gasteiger partial charge is 0.311 e. The van der Waals surface area contributed by atoms with Crippen LogP contribution in [0.15, 0.2) is 18.3 Å². The van der Waals surface area contributed by atoms with E-state index in [0.29, 0.717) is 5.92 Å². The van der Waals surface area contributed by atoms with Crippen molar-refractivity contribution < 1.29 is 4.39 Å². The van der Waals surface area contributed by atoms with Gasteiger partial charge in [0.1, 0.15) is 5.82 Å². The molecule has 1 aliphatic rings. The molecule has 0 amide bonds. The molecule has 3 heteroatoms. The zero-order chi connectivity index (χ0) is 10.7. The van der Waals surface area contributed by atoms with Crippen molar-refractivity contribution in [1.29, 1.82) is 0 Å². The third-order valence-electron chi connectivity index (χ3n) is 3.25. The first-order chi connectivity index (χ1) is 7.31. The van der Waals surface area contributed by atoms with E-state index in [1.54, 1.807) is 6.07 Å². The summed E-state index contributed by atoms with van der Waals surface area (Å²) in [6.07, 6.45) is 6.43. The molecule has 0 saturated heterocycles. The first-order valence-corrected chi connectivity index (χ1v) is 5.60. The van der Waals surface area contributed by atoms with Crippen LogP contribution in [-0.4, -0.2) is 12.0 Å². The van der Waals surface area contributed by atoms with Gasteiger partial charge in [0.2, 0.25) is 0 Å². The van der Waals surface area contributed by atoms with Crippen LogP contribution in [-0.2, 0) is 0 Å². The average Bonchev–Trinajstić information content (AvgIpc) is 2.75. The maximum atomic E-state index is 12.7. The van der Waals surface area contributed by atoms with Gasteiger partial charge in [0.05, 0.1) is 17.9 Å². The maximum absolute atomic E-state index is 12.7. The van der Waals surface area contributed by atoms with E-state index in [-0.39, 0.29) is 11.9 Å². The van der Waals surface area contributed by atoms with Crippen molar-refractivity contribution >= 4 is 0 Å². The summed E-state index contributed by atoms with van der Waals surface area (Å²) in [5.74, 6) is 0.396. The SMILES string of the molecule is CNC(c1ccc(F)cn1)C1CCCC1. The molecule has 15 heavy (non-hydrogen) atoms. The average molecular weight is 208 g/mol. The van der Waals surface area contributed by atoms with Gasteiger partial charge >= 0.3 is 0 Å². The number of hydrogen-bond acceptors (Lipinski definition) is 2. The Hall–Kier alpha value is -0.960. The monoisotopic (exact) mass is 208 g/mol. The van der Waals surface area contributed by atoms with Crippen molar-refractivity contribution in [3.05, 3.63) is 29.8 Å². The van der Waals surface area contributed by atoms with Crippen LogP contribution in [0.4, 0.5) is 4.39 Å². The fourth-order valence-electron chi connectivity index (χ4n) is 2.49. The molecule has 1 fully saturated rings. The standard InChI is InChI=1S/C12H17FN2/c1-14-12(9-4-2-3-5-9)11-7-6-10(13)8-15-11/h6-9,12,14H,2-5H2,1H3. The van der Waals surface area contributed by atoms with Crippen molar-refractivity contribution in [1.82, 2.24) is 10.3 Å². The van der Waals surface area contributed by atoms with Gasteiger partial charge in [0, 0.05) is 0 Å². The third kappa shape index (κ3) is 2.34. The lowest BCUT2D eigenvalue weighted by atomic mass is 9.95. The van der Waals surface area contributed by atoms with Crippen molar-refractivity contribution in [3.8, 4) is 0 Å². The first-order valence-electron chi connectivity index (χ1n) is 5.60. The Bertz CT molecular complexity index is 304. The smallest absolute Gasteiger partial charge is 0.141 e. The summed E-state index contributed by atoms with van der Waals surface area (Å²) < 4.78 is 12.7. The summed E-state index contributed by atoms with van der Waals surface area (Å²) in [5, 5.41) is 3.29. The Labute approximate surface area is 89.9 Å². The van der Waals surface area contributed by atoms with E-state index >= 15 is 0 Å². The van der Waals surface area contributed by atoms with Gasteiger partial charge in [0.15, 0.2) is 0 Å². The highest BCUT2D eigenvalue weighted by Gasteiger charge is 2.25. The minimum Gasteiger partial charge on any atom is -0.311 e. The van der Waals surface area contributed by atoms with Crippen LogP contribution >= 0.6 is 0 Å². The van der Waals surface area contributed by atoms with Crippen LogP contribution in [0.5, 0.6) is 0 Å². The third-order valence-corrected chi connectivity index (χ3v) is 3.25. The molecule has 1 aliphatic carbocycles. The van der Waals surface area contributed by atoms with E-state index in [2.05, 4.69) is 10.3 Å². The summed E-state index contributed by atoms with van der Waals surface area (Å²) >= 11 is 0. The molecule has 0 aromatic carbocycles. The van der Waals surface area contributed by atoms with Crippen LogP contribution in [0.3, 0.4) is 0 Å². The van der Waals surface area contributed by atoms with Crippen molar-refractivity contribution in [3.63, 3.8) is 0 Å². The second-order valence-corrected chi connectivity index (χ2v) is 4.21. The molecule has 2 rings (SSSR count). The highest BCUT2D eigenvalue weighted by Crippen LogP contribution is 2.34. The van der Waals surface area contributed by atoms with Crippen LogP contribution in [0.25, 0.3) is 0 Å². The minimum atomic E-state index is -0.264. The number of aromatic nitrogens is 1. The summed E-state index contributed by atoms with van der Waals surface area (Å²) in [6.45, 7) is 0. The van der Waals surface area contributed by atoms with E-state index in [9.17, 15) is 4.39 Å². The van der Waals surface area contributed by atoms with Crippen LogP contribution in [0.2, 0.25) is 0 Å². The fraction of sp³-hybridized carbons (Fsp3) is 0.583. The molecule has 82 valence electrons. The lowest BCUT2D eigenvalue weighted by Gasteiger charge is -2.22. The quantitative estimate of drug-likeness (QED) is 0.826. The second kappa shape index (κ2) is 4.71. The number of rotatable bonds is 3. The van der Waals surface area contributed by atoms with Crippen molar-refractivity contribution in [2.45, 2.75) is 31.7 Å². The van der Waals surface area contributed by atoms with E-state index in [0.717, 1.165) is 5.69 Å². The molecular weight excluding hydrogens is 191 g/mol.